The summed E-state index contributed by atoms with van der Waals surface area (Å²) in [6, 6.07) is 5.66. The molecule has 2 aromatic heterocycles. The Labute approximate surface area is 182 Å². The minimum absolute atomic E-state index is 0.159. The molecule has 0 saturated carbocycles. The number of carbonyl (C=O) groups is 1. The van der Waals surface area contributed by atoms with Crippen LogP contribution in [-0.4, -0.2) is 47.5 Å². The summed E-state index contributed by atoms with van der Waals surface area (Å²) in [5, 5.41) is 2.02. The molecule has 0 N–H and O–H groups in total. The number of methoxy groups -OCH3 is 2. The van der Waals surface area contributed by atoms with E-state index in [1.807, 2.05) is 39.1 Å². The lowest BCUT2D eigenvalue weighted by Gasteiger charge is -2.26. The lowest BCUT2D eigenvalue weighted by molar-refractivity contribution is -0.131. The Balaban J connectivity index is 1.89. The van der Waals surface area contributed by atoms with Crippen LogP contribution in [0.15, 0.2) is 29.8 Å². The third-order valence-electron chi connectivity index (χ3n) is 4.82. The minimum Gasteiger partial charge on any atom is -0.497 e. The predicted molar refractivity (Wildman–Crippen MR) is 122 cm³/mol. The van der Waals surface area contributed by atoms with Crippen molar-refractivity contribution in [1.82, 2.24) is 14.3 Å². The van der Waals surface area contributed by atoms with Crippen molar-refractivity contribution in [3.8, 4) is 22.8 Å². The van der Waals surface area contributed by atoms with Crippen molar-refractivity contribution in [2.75, 3.05) is 27.3 Å². The first-order valence-electron chi connectivity index (χ1n) is 10.3. The van der Waals surface area contributed by atoms with Gasteiger partial charge in [0.2, 0.25) is 5.91 Å². The fourth-order valence-corrected chi connectivity index (χ4v) is 4.40. The van der Waals surface area contributed by atoms with Crippen LogP contribution >= 0.6 is 11.3 Å². The van der Waals surface area contributed by atoms with E-state index in [1.54, 1.807) is 25.6 Å². The first kappa shape index (κ1) is 22.2. The van der Waals surface area contributed by atoms with E-state index in [2.05, 4.69) is 27.7 Å². The predicted octanol–water partition coefficient (Wildman–Crippen LogP) is 4.76. The zero-order valence-electron chi connectivity index (χ0n) is 18.6. The molecule has 162 valence electrons. The Morgan fingerprint density at radius 2 is 1.83 bits per heavy atom. The average Bonchev–Trinajstić information content (AvgIpc) is 3.28. The molecule has 0 bridgehead atoms. The van der Waals surface area contributed by atoms with Crippen LogP contribution in [0.1, 0.15) is 33.4 Å². The van der Waals surface area contributed by atoms with E-state index in [-0.39, 0.29) is 5.91 Å². The van der Waals surface area contributed by atoms with Crippen LogP contribution in [0.5, 0.6) is 11.5 Å². The van der Waals surface area contributed by atoms with Gasteiger partial charge < -0.3 is 14.4 Å². The monoisotopic (exact) mass is 429 g/mol. The van der Waals surface area contributed by atoms with Gasteiger partial charge in [0.05, 0.1) is 26.3 Å². The van der Waals surface area contributed by atoms with Gasteiger partial charge in [0.25, 0.3) is 0 Å². The molecule has 1 aromatic carbocycles. The SMILES string of the molecule is COc1ccc(OC)c(-c2cn3c(CC(=O)N(CC(C)C)CC(C)C)csc3n2)c1. The molecule has 3 rings (SSSR count). The Kier molecular flexibility index (Phi) is 7.02. The van der Waals surface area contributed by atoms with E-state index in [4.69, 9.17) is 14.5 Å². The van der Waals surface area contributed by atoms with Gasteiger partial charge in [-0.3, -0.25) is 9.20 Å². The second kappa shape index (κ2) is 9.51. The molecule has 0 unspecified atom stereocenters. The number of hydrogen-bond acceptors (Lipinski definition) is 5. The maximum Gasteiger partial charge on any atom is 0.228 e. The Morgan fingerprint density at radius 3 is 2.43 bits per heavy atom. The molecule has 0 aliphatic heterocycles. The number of ether oxygens (including phenoxy) is 2. The van der Waals surface area contributed by atoms with E-state index in [1.165, 1.54) is 0 Å². The van der Waals surface area contributed by atoms with Gasteiger partial charge in [-0.2, -0.15) is 0 Å². The molecule has 0 saturated heterocycles. The molecular formula is C23H31N3O3S. The van der Waals surface area contributed by atoms with E-state index in [0.717, 1.165) is 46.5 Å². The van der Waals surface area contributed by atoms with Crippen LogP contribution in [0, 0.1) is 11.8 Å². The molecule has 0 fully saturated rings. The van der Waals surface area contributed by atoms with Crippen LogP contribution in [0.25, 0.3) is 16.2 Å². The summed E-state index contributed by atoms with van der Waals surface area (Å²) in [6.45, 7) is 10.1. The molecule has 0 spiro atoms. The Hall–Kier alpha value is -2.54. The number of imidazole rings is 1. The van der Waals surface area contributed by atoms with Gasteiger partial charge in [-0.1, -0.05) is 27.7 Å². The van der Waals surface area contributed by atoms with Gasteiger partial charge in [0, 0.05) is 35.9 Å². The van der Waals surface area contributed by atoms with Gasteiger partial charge in [-0.05, 0) is 30.0 Å². The zero-order chi connectivity index (χ0) is 21.8. The van der Waals surface area contributed by atoms with Crippen LogP contribution in [0.3, 0.4) is 0 Å². The first-order valence-corrected chi connectivity index (χ1v) is 11.2. The highest BCUT2D eigenvalue weighted by Crippen LogP contribution is 2.34. The Morgan fingerprint density at radius 1 is 1.13 bits per heavy atom. The number of rotatable bonds is 9. The summed E-state index contributed by atoms with van der Waals surface area (Å²) in [5.41, 5.74) is 2.62. The molecule has 7 heteroatoms. The van der Waals surface area contributed by atoms with Crippen molar-refractivity contribution in [1.29, 1.82) is 0 Å². The number of carbonyl (C=O) groups excluding carboxylic acids is 1. The number of aromatic nitrogens is 2. The van der Waals surface area contributed by atoms with Crippen molar-refractivity contribution < 1.29 is 14.3 Å². The molecule has 6 nitrogen and oxygen atoms in total. The largest absolute Gasteiger partial charge is 0.497 e. The van der Waals surface area contributed by atoms with Gasteiger partial charge >= 0.3 is 0 Å². The third-order valence-corrected chi connectivity index (χ3v) is 5.71. The highest BCUT2D eigenvalue weighted by Gasteiger charge is 2.20. The number of amides is 1. The standard InChI is InChI=1S/C23H31N3O3S/c1-15(2)11-25(12-16(3)4)22(27)9-17-14-30-23-24-20(13-26(17)23)19-10-18(28-5)7-8-21(19)29-6/h7-8,10,13-16H,9,11-12H2,1-6H3. The molecule has 30 heavy (non-hydrogen) atoms. The quantitative estimate of drug-likeness (QED) is 0.492. The molecule has 0 atom stereocenters. The lowest BCUT2D eigenvalue weighted by atomic mass is 10.1. The smallest absolute Gasteiger partial charge is 0.228 e. The minimum atomic E-state index is 0.159. The molecule has 2 heterocycles. The van der Waals surface area contributed by atoms with Crippen LogP contribution < -0.4 is 9.47 Å². The topological polar surface area (TPSA) is 56.1 Å². The van der Waals surface area contributed by atoms with Crippen molar-refractivity contribution in [2.45, 2.75) is 34.1 Å². The maximum absolute atomic E-state index is 13.0. The number of fused-ring (bicyclic) bond motifs is 1. The summed E-state index contributed by atoms with van der Waals surface area (Å²) >= 11 is 1.54. The van der Waals surface area contributed by atoms with Gasteiger partial charge in [-0.15, -0.1) is 11.3 Å². The van der Waals surface area contributed by atoms with Crippen molar-refractivity contribution in [3.63, 3.8) is 0 Å². The second-order valence-corrected chi connectivity index (χ2v) is 9.17. The molecule has 1 amide bonds. The summed E-state index contributed by atoms with van der Waals surface area (Å²) in [7, 11) is 3.28. The van der Waals surface area contributed by atoms with Gasteiger partial charge in [-0.25, -0.2) is 4.98 Å². The summed E-state index contributed by atoms with van der Waals surface area (Å²) < 4.78 is 12.9. The van der Waals surface area contributed by atoms with Crippen LogP contribution in [0.2, 0.25) is 0 Å². The van der Waals surface area contributed by atoms with E-state index >= 15 is 0 Å². The highest BCUT2D eigenvalue weighted by atomic mass is 32.1. The lowest BCUT2D eigenvalue weighted by Crippen LogP contribution is -2.38. The molecule has 0 radical (unpaired) electrons. The molecule has 0 aliphatic rings. The number of thiazole rings is 1. The number of benzene rings is 1. The summed E-state index contributed by atoms with van der Waals surface area (Å²) in [4.78, 5) is 20.7. The average molecular weight is 430 g/mol. The fourth-order valence-electron chi connectivity index (χ4n) is 3.53. The maximum atomic E-state index is 13.0. The van der Waals surface area contributed by atoms with Gasteiger partial charge in [0.1, 0.15) is 11.5 Å². The molecule has 3 aromatic rings. The van der Waals surface area contributed by atoms with E-state index in [0.29, 0.717) is 18.3 Å². The zero-order valence-corrected chi connectivity index (χ0v) is 19.5. The summed E-state index contributed by atoms with van der Waals surface area (Å²) in [6.07, 6.45) is 2.34. The Bertz CT molecular complexity index is 996. The second-order valence-electron chi connectivity index (χ2n) is 8.34. The first-order chi connectivity index (χ1) is 14.3. The number of nitrogens with zero attached hydrogens (tertiary/aromatic N) is 3. The molecule has 0 aliphatic carbocycles. The normalized spacial score (nSPS) is 11.5. The van der Waals surface area contributed by atoms with Crippen molar-refractivity contribution in [2.24, 2.45) is 11.8 Å². The van der Waals surface area contributed by atoms with E-state index < -0.39 is 0 Å². The third kappa shape index (κ3) is 4.95. The molecular weight excluding hydrogens is 398 g/mol. The number of hydrogen-bond donors (Lipinski definition) is 0. The van der Waals surface area contributed by atoms with Crippen LogP contribution in [-0.2, 0) is 11.2 Å². The van der Waals surface area contributed by atoms with Crippen molar-refractivity contribution in [3.05, 3.63) is 35.5 Å². The van der Waals surface area contributed by atoms with Crippen LogP contribution in [0.4, 0.5) is 0 Å². The summed E-state index contributed by atoms with van der Waals surface area (Å²) in [5.74, 6) is 2.52. The van der Waals surface area contributed by atoms with E-state index in [9.17, 15) is 4.79 Å². The van der Waals surface area contributed by atoms with Crippen molar-refractivity contribution >= 4 is 22.2 Å². The fraction of sp³-hybridized carbons (Fsp3) is 0.478. The highest BCUT2D eigenvalue weighted by molar-refractivity contribution is 7.15. The van der Waals surface area contributed by atoms with Gasteiger partial charge in [0.15, 0.2) is 4.96 Å².